The summed E-state index contributed by atoms with van der Waals surface area (Å²) in [5.74, 6) is 1.27. The number of Topliss-reactive ketones (excluding diaryl/α,β-unsaturated/α-hetero) is 1. The molecule has 4 nitrogen and oxygen atoms in total. The minimum atomic E-state index is -0.523. The molecule has 0 radical (unpaired) electrons. The van der Waals surface area contributed by atoms with E-state index in [1.54, 1.807) is 0 Å². The van der Waals surface area contributed by atoms with Crippen LogP contribution in [0.2, 0.25) is 0 Å². The van der Waals surface area contributed by atoms with E-state index >= 15 is 0 Å². The molecular weight excluding hydrogens is 280 g/mol. The lowest BCUT2D eigenvalue weighted by Gasteiger charge is -2.33. The maximum Gasteiger partial charge on any atom is 0.174 e. The molecule has 0 unspecified atom stereocenters. The van der Waals surface area contributed by atoms with Crippen molar-refractivity contribution in [1.29, 1.82) is 0 Å². The topological polar surface area (TPSA) is 52.6 Å². The first-order chi connectivity index (χ1) is 10.5. The Bertz CT molecular complexity index is 624. The predicted molar refractivity (Wildman–Crippen MR) is 83.2 cm³/mol. The Hall–Kier alpha value is -1.84. The molecule has 0 amide bonds. The molecular formula is C18H22O4. The van der Waals surface area contributed by atoms with Crippen LogP contribution in [0.1, 0.15) is 78.1 Å². The first kappa shape index (κ1) is 15.1. The van der Waals surface area contributed by atoms with Crippen molar-refractivity contribution in [1.82, 2.24) is 0 Å². The molecule has 1 heterocycles. The molecule has 2 aliphatic rings. The van der Waals surface area contributed by atoms with Gasteiger partial charge in [0, 0.05) is 0 Å². The van der Waals surface area contributed by atoms with Crippen LogP contribution >= 0.6 is 0 Å². The molecule has 0 bridgehead atoms. The van der Waals surface area contributed by atoms with Gasteiger partial charge in [0.05, 0.1) is 19.1 Å². The second-order valence-electron chi connectivity index (χ2n) is 6.85. The van der Waals surface area contributed by atoms with Gasteiger partial charge in [-0.25, -0.2) is 0 Å². The van der Waals surface area contributed by atoms with Crippen molar-refractivity contribution in [2.45, 2.75) is 57.5 Å². The molecule has 118 valence electrons. The number of methoxy groups -OCH3 is 1. The highest BCUT2D eigenvalue weighted by Gasteiger charge is 2.37. The van der Waals surface area contributed by atoms with Crippen molar-refractivity contribution in [2.75, 3.05) is 7.11 Å². The normalized spacial score (nSPS) is 20.4. The standard InChI is InChI=1S/C18H22O4/c1-18(2)9-14(20)16-15(22-18)8-12(11-6-4-5-7-11)13(10-19)17(16)21-3/h8,10-11H,4-7,9H2,1-3H3. The van der Waals surface area contributed by atoms with Crippen molar-refractivity contribution in [2.24, 2.45) is 0 Å². The number of carbonyl (C=O) groups is 2. The molecule has 0 saturated heterocycles. The van der Waals surface area contributed by atoms with Crippen molar-refractivity contribution in [3.63, 3.8) is 0 Å². The highest BCUT2D eigenvalue weighted by atomic mass is 16.5. The van der Waals surface area contributed by atoms with Crippen LogP contribution in [0.4, 0.5) is 0 Å². The molecule has 4 heteroatoms. The Morgan fingerprint density at radius 3 is 2.59 bits per heavy atom. The Morgan fingerprint density at radius 2 is 2.00 bits per heavy atom. The van der Waals surface area contributed by atoms with Gasteiger partial charge in [-0.05, 0) is 44.2 Å². The lowest BCUT2D eigenvalue weighted by molar-refractivity contribution is 0.0613. The third-order valence-electron chi connectivity index (χ3n) is 4.68. The quantitative estimate of drug-likeness (QED) is 0.794. The zero-order valence-corrected chi connectivity index (χ0v) is 13.4. The highest BCUT2D eigenvalue weighted by Crippen LogP contribution is 2.46. The van der Waals surface area contributed by atoms with Crippen LogP contribution in [-0.4, -0.2) is 24.8 Å². The summed E-state index contributed by atoms with van der Waals surface area (Å²) in [6, 6.07) is 1.90. The maximum absolute atomic E-state index is 12.5. The van der Waals surface area contributed by atoms with Crippen LogP contribution in [-0.2, 0) is 0 Å². The van der Waals surface area contributed by atoms with E-state index in [1.807, 2.05) is 19.9 Å². The van der Waals surface area contributed by atoms with Gasteiger partial charge in [0.2, 0.25) is 0 Å². The van der Waals surface area contributed by atoms with Gasteiger partial charge in [-0.2, -0.15) is 0 Å². The monoisotopic (exact) mass is 302 g/mol. The van der Waals surface area contributed by atoms with Gasteiger partial charge in [-0.15, -0.1) is 0 Å². The minimum Gasteiger partial charge on any atom is -0.495 e. The summed E-state index contributed by atoms with van der Waals surface area (Å²) in [6.45, 7) is 3.81. The summed E-state index contributed by atoms with van der Waals surface area (Å²) >= 11 is 0. The second kappa shape index (κ2) is 5.41. The second-order valence-corrected chi connectivity index (χ2v) is 6.85. The number of fused-ring (bicyclic) bond motifs is 1. The third kappa shape index (κ3) is 2.40. The fraction of sp³-hybridized carbons (Fsp3) is 0.556. The van der Waals surface area contributed by atoms with Gasteiger partial charge in [0.15, 0.2) is 12.1 Å². The molecule has 1 saturated carbocycles. The van der Waals surface area contributed by atoms with Crippen molar-refractivity contribution >= 4 is 12.1 Å². The number of aldehydes is 1. The van der Waals surface area contributed by atoms with Crippen LogP contribution in [0.3, 0.4) is 0 Å². The number of carbonyl (C=O) groups excluding carboxylic acids is 2. The van der Waals surface area contributed by atoms with E-state index in [-0.39, 0.29) is 12.2 Å². The van der Waals surface area contributed by atoms with E-state index in [0.29, 0.717) is 28.5 Å². The van der Waals surface area contributed by atoms with E-state index in [0.717, 1.165) is 24.7 Å². The number of rotatable bonds is 3. The molecule has 0 atom stereocenters. The molecule has 1 aliphatic carbocycles. The summed E-state index contributed by atoms with van der Waals surface area (Å²) in [5, 5.41) is 0. The average Bonchev–Trinajstić information content (AvgIpc) is 2.97. The number of hydrogen-bond donors (Lipinski definition) is 0. The maximum atomic E-state index is 12.5. The molecule has 1 aromatic rings. The van der Waals surface area contributed by atoms with E-state index in [1.165, 1.54) is 20.0 Å². The molecule has 0 spiro atoms. The van der Waals surface area contributed by atoms with Crippen molar-refractivity contribution in [3.05, 3.63) is 22.8 Å². The van der Waals surface area contributed by atoms with Crippen LogP contribution in [0.15, 0.2) is 6.07 Å². The third-order valence-corrected chi connectivity index (χ3v) is 4.68. The fourth-order valence-electron chi connectivity index (χ4n) is 3.73. The lowest BCUT2D eigenvalue weighted by Crippen LogP contribution is -2.36. The number of ether oxygens (including phenoxy) is 2. The molecule has 1 aliphatic heterocycles. The zero-order valence-electron chi connectivity index (χ0n) is 13.4. The van der Waals surface area contributed by atoms with Gasteiger partial charge in [-0.3, -0.25) is 9.59 Å². The molecule has 0 aromatic heterocycles. The number of ketones is 1. The predicted octanol–water partition coefficient (Wildman–Crippen LogP) is 3.91. The number of benzene rings is 1. The van der Waals surface area contributed by atoms with Crippen LogP contribution in [0.25, 0.3) is 0 Å². The van der Waals surface area contributed by atoms with Crippen molar-refractivity contribution in [3.8, 4) is 11.5 Å². The highest BCUT2D eigenvalue weighted by molar-refractivity contribution is 6.05. The molecule has 1 aromatic carbocycles. The Kier molecular flexibility index (Phi) is 3.71. The summed E-state index contributed by atoms with van der Waals surface area (Å²) in [4.78, 5) is 24.2. The largest absolute Gasteiger partial charge is 0.495 e. The van der Waals surface area contributed by atoms with Crippen molar-refractivity contribution < 1.29 is 19.1 Å². The SMILES string of the molecule is COc1c(C=O)c(C2CCCC2)cc2c1C(=O)CC(C)(C)O2. The first-order valence-corrected chi connectivity index (χ1v) is 7.89. The zero-order chi connectivity index (χ0) is 15.9. The summed E-state index contributed by atoms with van der Waals surface area (Å²) in [7, 11) is 1.51. The molecule has 22 heavy (non-hydrogen) atoms. The van der Waals surface area contributed by atoms with E-state index in [9.17, 15) is 9.59 Å². The van der Waals surface area contributed by atoms with E-state index < -0.39 is 5.60 Å². The van der Waals surface area contributed by atoms with Crippen LogP contribution < -0.4 is 9.47 Å². The van der Waals surface area contributed by atoms with Gasteiger partial charge < -0.3 is 9.47 Å². The van der Waals surface area contributed by atoms with Gasteiger partial charge in [-0.1, -0.05) is 12.8 Å². The van der Waals surface area contributed by atoms with E-state index in [2.05, 4.69) is 0 Å². The Balaban J connectivity index is 2.21. The van der Waals surface area contributed by atoms with Crippen LogP contribution in [0.5, 0.6) is 11.5 Å². The number of hydrogen-bond acceptors (Lipinski definition) is 4. The Morgan fingerprint density at radius 1 is 1.32 bits per heavy atom. The Labute approximate surface area is 130 Å². The summed E-state index contributed by atoms with van der Waals surface area (Å²) in [5.41, 5.74) is 1.38. The van der Waals surface area contributed by atoms with Gasteiger partial charge >= 0.3 is 0 Å². The van der Waals surface area contributed by atoms with E-state index in [4.69, 9.17) is 9.47 Å². The lowest BCUT2D eigenvalue weighted by atomic mass is 9.86. The molecule has 0 N–H and O–H groups in total. The minimum absolute atomic E-state index is 0.0239. The average molecular weight is 302 g/mol. The van der Waals surface area contributed by atoms with Crippen LogP contribution in [0, 0.1) is 0 Å². The smallest absolute Gasteiger partial charge is 0.174 e. The summed E-state index contributed by atoms with van der Waals surface area (Å²) < 4.78 is 11.5. The first-order valence-electron chi connectivity index (χ1n) is 7.89. The molecule has 1 fully saturated rings. The fourth-order valence-corrected chi connectivity index (χ4v) is 3.73. The summed E-state index contributed by atoms with van der Waals surface area (Å²) in [6.07, 6.45) is 5.60. The van der Waals surface area contributed by atoms with Gasteiger partial charge in [0.1, 0.15) is 22.7 Å². The molecule has 3 rings (SSSR count). The van der Waals surface area contributed by atoms with Gasteiger partial charge in [0.25, 0.3) is 0 Å².